The number of nitrogens with zero attached hydrogens (tertiary/aromatic N) is 1. The summed E-state index contributed by atoms with van der Waals surface area (Å²) >= 11 is 5.83. The van der Waals surface area contributed by atoms with Gasteiger partial charge in [0.15, 0.2) is 0 Å². The Balaban J connectivity index is 2.68. The van der Waals surface area contributed by atoms with Crippen LogP contribution in [0.5, 0.6) is 0 Å². The minimum atomic E-state index is -0.973. The summed E-state index contributed by atoms with van der Waals surface area (Å²) in [6.07, 6.45) is 0. The molecule has 0 spiro atoms. The third kappa shape index (κ3) is 4.69. The summed E-state index contributed by atoms with van der Waals surface area (Å²) in [5.41, 5.74) is 0.813. The van der Waals surface area contributed by atoms with Gasteiger partial charge in [-0.1, -0.05) is 11.6 Å². The SMILES string of the molecule is CC(C)N(CCNc1ccc(Cl)cc1C(=O)O)C(C)C. The smallest absolute Gasteiger partial charge is 0.337 e. The van der Waals surface area contributed by atoms with Crippen LogP contribution in [-0.2, 0) is 0 Å². The first-order valence-corrected chi connectivity index (χ1v) is 7.23. The van der Waals surface area contributed by atoms with Crippen molar-refractivity contribution in [3.63, 3.8) is 0 Å². The van der Waals surface area contributed by atoms with Crippen molar-refractivity contribution < 1.29 is 9.90 Å². The molecule has 112 valence electrons. The Morgan fingerprint density at radius 2 is 1.90 bits per heavy atom. The molecule has 0 radical (unpaired) electrons. The van der Waals surface area contributed by atoms with Crippen LogP contribution in [0.25, 0.3) is 0 Å². The van der Waals surface area contributed by atoms with Gasteiger partial charge in [0, 0.05) is 35.9 Å². The quantitative estimate of drug-likeness (QED) is 0.808. The number of hydrogen-bond acceptors (Lipinski definition) is 3. The molecule has 0 heterocycles. The highest BCUT2D eigenvalue weighted by Gasteiger charge is 2.14. The summed E-state index contributed by atoms with van der Waals surface area (Å²) < 4.78 is 0. The fourth-order valence-corrected chi connectivity index (χ4v) is 2.45. The van der Waals surface area contributed by atoms with Gasteiger partial charge in [-0.25, -0.2) is 4.79 Å². The van der Waals surface area contributed by atoms with Crippen molar-refractivity contribution in [2.75, 3.05) is 18.4 Å². The van der Waals surface area contributed by atoms with Crippen LogP contribution in [0.2, 0.25) is 5.02 Å². The highest BCUT2D eigenvalue weighted by molar-refractivity contribution is 6.31. The molecule has 0 aliphatic rings. The van der Waals surface area contributed by atoms with Crippen molar-refractivity contribution in [2.24, 2.45) is 0 Å². The molecule has 0 atom stereocenters. The number of carboxylic acid groups (broad SMARTS) is 1. The molecule has 0 aromatic heterocycles. The molecule has 0 unspecified atom stereocenters. The van der Waals surface area contributed by atoms with E-state index in [1.54, 1.807) is 12.1 Å². The molecule has 0 amide bonds. The van der Waals surface area contributed by atoms with Crippen LogP contribution in [0.3, 0.4) is 0 Å². The van der Waals surface area contributed by atoms with Gasteiger partial charge in [0.25, 0.3) is 0 Å². The van der Waals surface area contributed by atoms with E-state index in [2.05, 4.69) is 37.9 Å². The number of rotatable bonds is 7. The van der Waals surface area contributed by atoms with E-state index in [-0.39, 0.29) is 5.56 Å². The molecular formula is C15H23ClN2O2. The number of anilines is 1. The Hall–Kier alpha value is -1.26. The normalized spacial score (nSPS) is 11.4. The highest BCUT2D eigenvalue weighted by atomic mass is 35.5. The maximum atomic E-state index is 11.2. The molecule has 0 aliphatic carbocycles. The van der Waals surface area contributed by atoms with Crippen LogP contribution >= 0.6 is 11.6 Å². The lowest BCUT2D eigenvalue weighted by Crippen LogP contribution is -2.40. The van der Waals surface area contributed by atoms with Gasteiger partial charge in [0.05, 0.1) is 5.56 Å². The van der Waals surface area contributed by atoms with Crippen LogP contribution < -0.4 is 5.32 Å². The number of nitrogens with one attached hydrogen (secondary N) is 1. The number of aromatic carboxylic acids is 1. The third-order valence-electron chi connectivity index (χ3n) is 3.22. The number of benzene rings is 1. The van der Waals surface area contributed by atoms with Crippen LogP contribution in [0, 0.1) is 0 Å². The molecule has 0 saturated heterocycles. The third-order valence-corrected chi connectivity index (χ3v) is 3.46. The molecule has 4 nitrogen and oxygen atoms in total. The average molecular weight is 299 g/mol. The molecule has 20 heavy (non-hydrogen) atoms. The lowest BCUT2D eigenvalue weighted by atomic mass is 10.1. The van der Waals surface area contributed by atoms with E-state index in [4.69, 9.17) is 16.7 Å². The standard InChI is InChI=1S/C15H23ClN2O2/c1-10(2)18(11(3)4)8-7-17-14-6-5-12(16)9-13(14)15(19)20/h5-6,9-11,17H,7-8H2,1-4H3,(H,19,20). The van der Waals surface area contributed by atoms with E-state index in [0.29, 0.717) is 29.3 Å². The van der Waals surface area contributed by atoms with Crippen molar-refractivity contribution >= 4 is 23.3 Å². The molecule has 0 saturated carbocycles. The first-order chi connectivity index (χ1) is 9.32. The summed E-state index contributed by atoms with van der Waals surface area (Å²) in [7, 11) is 0. The van der Waals surface area contributed by atoms with Crippen molar-refractivity contribution in [3.8, 4) is 0 Å². The number of halogens is 1. The molecule has 0 aliphatic heterocycles. The van der Waals surface area contributed by atoms with Gasteiger partial charge < -0.3 is 10.4 Å². The van der Waals surface area contributed by atoms with Crippen molar-refractivity contribution in [2.45, 2.75) is 39.8 Å². The Morgan fingerprint density at radius 1 is 1.30 bits per heavy atom. The predicted octanol–water partition coefficient (Wildman–Crippen LogP) is 3.57. The van der Waals surface area contributed by atoms with E-state index >= 15 is 0 Å². The van der Waals surface area contributed by atoms with Gasteiger partial charge >= 0.3 is 5.97 Å². The van der Waals surface area contributed by atoms with E-state index in [1.165, 1.54) is 6.07 Å². The van der Waals surface area contributed by atoms with Crippen molar-refractivity contribution in [1.29, 1.82) is 0 Å². The molecule has 1 rings (SSSR count). The summed E-state index contributed by atoms with van der Waals surface area (Å²) in [6.45, 7) is 10.2. The fourth-order valence-electron chi connectivity index (χ4n) is 2.28. The number of hydrogen-bond donors (Lipinski definition) is 2. The molecule has 5 heteroatoms. The first-order valence-electron chi connectivity index (χ1n) is 6.85. The number of carboxylic acids is 1. The summed E-state index contributed by atoms with van der Waals surface area (Å²) in [5, 5.41) is 12.8. The topological polar surface area (TPSA) is 52.6 Å². The Labute approximate surface area is 125 Å². The van der Waals surface area contributed by atoms with E-state index < -0.39 is 5.97 Å². The zero-order valence-electron chi connectivity index (χ0n) is 12.5. The van der Waals surface area contributed by atoms with Gasteiger partial charge in [0.2, 0.25) is 0 Å². The first kappa shape index (κ1) is 16.8. The second-order valence-electron chi connectivity index (χ2n) is 5.35. The van der Waals surface area contributed by atoms with Gasteiger partial charge in [-0.15, -0.1) is 0 Å². The highest BCUT2D eigenvalue weighted by Crippen LogP contribution is 2.20. The van der Waals surface area contributed by atoms with Crippen LogP contribution in [0.4, 0.5) is 5.69 Å². The van der Waals surface area contributed by atoms with Crippen LogP contribution in [0.15, 0.2) is 18.2 Å². The summed E-state index contributed by atoms with van der Waals surface area (Å²) in [6, 6.07) is 5.79. The molecule has 0 fully saturated rings. The molecule has 2 N–H and O–H groups in total. The molecule has 1 aromatic carbocycles. The summed E-state index contributed by atoms with van der Waals surface area (Å²) in [4.78, 5) is 13.5. The second-order valence-corrected chi connectivity index (χ2v) is 5.78. The Morgan fingerprint density at radius 3 is 2.40 bits per heavy atom. The molecule has 1 aromatic rings. The van der Waals surface area contributed by atoms with Crippen LogP contribution in [0.1, 0.15) is 38.1 Å². The molecular weight excluding hydrogens is 276 g/mol. The number of carbonyl (C=O) groups is 1. The fraction of sp³-hybridized carbons (Fsp3) is 0.533. The van der Waals surface area contributed by atoms with Gasteiger partial charge in [0.1, 0.15) is 0 Å². The van der Waals surface area contributed by atoms with Gasteiger partial charge in [-0.3, -0.25) is 4.90 Å². The zero-order chi connectivity index (χ0) is 15.3. The predicted molar refractivity (Wildman–Crippen MR) is 83.9 cm³/mol. The van der Waals surface area contributed by atoms with Crippen molar-refractivity contribution in [1.82, 2.24) is 4.90 Å². The minimum Gasteiger partial charge on any atom is -0.478 e. The minimum absolute atomic E-state index is 0.207. The lowest BCUT2D eigenvalue weighted by Gasteiger charge is -2.30. The maximum Gasteiger partial charge on any atom is 0.337 e. The maximum absolute atomic E-state index is 11.2. The van der Waals surface area contributed by atoms with E-state index in [9.17, 15) is 4.79 Å². The molecule has 0 bridgehead atoms. The van der Waals surface area contributed by atoms with E-state index in [1.807, 2.05) is 0 Å². The largest absolute Gasteiger partial charge is 0.478 e. The average Bonchev–Trinajstić information content (AvgIpc) is 2.34. The monoisotopic (exact) mass is 298 g/mol. The Kier molecular flexibility index (Phi) is 6.30. The van der Waals surface area contributed by atoms with Gasteiger partial charge in [-0.05, 0) is 45.9 Å². The Bertz CT molecular complexity index is 453. The van der Waals surface area contributed by atoms with Crippen LogP contribution in [-0.4, -0.2) is 41.1 Å². The second kappa shape index (κ2) is 7.50. The van der Waals surface area contributed by atoms with E-state index in [0.717, 1.165) is 6.54 Å². The summed E-state index contributed by atoms with van der Waals surface area (Å²) in [5.74, 6) is -0.973. The lowest BCUT2D eigenvalue weighted by molar-refractivity contribution is 0.0698. The van der Waals surface area contributed by atoms with Gasteiger partial charge in [-0.2, -0.15) is 0 Å². The zero-order valence-corrected chi connectivity index (χ0v) is 13.2. The van der Waals surface area contributed by atoms with Crippen molar-refractivity contribution in [3.05, 3.63) is 28.8 Å².